The molecule has 0 saturated carbocycles. The van der Waals surface area contributed by atoms with Gasteiger partial charge in [0.2, 0.25) is 10.0 Å². The largest absolute Gasteiger partial charge is 0.379 e. The van der Waals surface area contributed by atoms with E-state index in [2.05, 4.69) is 34.4 Å². The lowest BCUT2D eigenvalue weighted by Crippen LogP contribution is -2.52. The van der Waals surface area contributed by atoms with Crippen LogP contribution in [0.3, 0.4) is 0 Å². The van der Waals surface area contributed by atoms with E-state index in [-0.39, 0.29) is 5.75 Å². The summed E-state index contributed by atoms with van der Waals surface area (Å²) in [7, 11) is 0.275. The summed E-state index contributed by atoms with van der Waals surface area (Å²) in [5.74, 6) is 1.43. The smallest absolute Gasteiger partial charge is 0.213 e. The van der Waals surface area contributed by atoms with Gasteiger partial charge in [0.1, 0.15) is 0 Å². The standard InChI is InChI=1S/C17H37N5O3S/c1-6-26(23,24)21(5)9-7-8-19-17(18-4)20-14-16(15(2)3)22-10-12-25-13-11-22/h15-16H,6-14H2,1-5H3,(H2,18,19,20). The van der Waals surface area contributed by atoms with Gasteiger partial charge in [-0.05, 0) is 19.3 Å². The molecule has 8 nitrogen and oxygen atoms in total. The summed E-state index contributed by atoms with van der Waals surface area (Å²) >= 11 is 0. The van der Waals surface area contributed by atoms with Gasteiger partial charge in [0.05, 0.1) is 19.0 Å². The van der Waals surface area contributed by atoms with Crippen LogP contribution in [0.5, 0.6) is 0 Å². The van der Waals surface area contributed by atoms with Crippen LogP contribution < -0.4 is 10.6 Å². The first-order chi connectivity index (χ1) is 12.3. The SMILES string of the molecule is CCS(=O)(=O)N(C)CCCNC(=NC)NCC(C(C)C)N1CCOCC1. The number of rotatable bonds is 10. The van der Waals surface area contributed by atoms with Crippen molar-refractivity contribution in [3.63, 3.8) is 0 Å². The lowest BCUT2D eigenvalue weighted by Gasteiger charge is -2.37. The first-order valence-corrected chi connectivity index (χ1v) is 11.1. The lowest BCUT2D eigenvalue weighted by molar-refractivity contribution is 0.00752. The van der Waals surface area contributed by atoms with Crippen molar-refractivity contribution >= 4 is 16.0 Å². The van der Waals surface area contributed by atoms with Crippen LogP contribution in [0, 0.1) is 5.92 Å². The zero-order valence-electron chi connectivity index (χ0n) is 17.0. The molecular weight excluding hydrogens is 354 g/mol. The predicted molar refractivity (Wildman–Crippen MR) is 107 cm³/mol. The fourth-order valence-corrected chi connectivity index (χ4v) is 3.83. The number of sulfonamides is 1. The average Bonchev–Trinajstić information content (AvgIpc) is 2.63. The Morgan fingerprint density at radius 1 is 1.27 bits per heavy atom. The molecule has 0 aliphatic carbocycles. The van der Waals surface area contributed by atoms with E-state index >= 15 is 0 Å². The zero-order chi connectivity index (χ0) is 19.6. The Morgan fingerprint density at radius 2 is 1.92 bits per heavy atom. The third kappa shape index (κ3) is 7.77. The van der Waals surface area contributed by atoms with E-state index in [4.69, 9.17) is 4.74 Å². The van der Waals surface area contributed by atoms with Crippen LogP contribution in [0.25, 0.3) is 0 Å². The van der Waals surface area contributed by atoms with Crippen molar-refractivity contribution < 1.29 is 13.2 Å². The summed E-state index contributed by atoms with van der Waals surface area (Å²) in [6, 6.07) is 0.429. The molecule has 0 aromatic rings. The van der Waals surface area contributed by atoms with Gasteiger partial charge in [0.25, 0.3) is 0 Å². The van der Waals surface area contributed by atoms with Crippen molar-refractivity contribution in [1.82, 2.24) is 19.8 Å². The number of morpholine rings is 1. The summed E-state index contributed by atoms with van der Waals surface area (Å²) in [5, 5.41) is 6.67. The highest BCUT2D eigenvalue weighted by Gasteiger charge is 2.23. The monoisotopic (exact) mass is 391 g/mol. The quantitative estimate of drug-likeness (QED) is 0.314. The van der Waals surface area contributed by atoms with Crippen molar-refractivity contribution in [3.05, 3.63) is 0 Å². The molecular formula is C17H37N5O3S. The Bertz CT molecular complexity index is 518. The molecule has 1 heterocycles. The van der Waals surface area contributed by atoms with Gasteiger partial charge in [-0.1, -0.05) is 13.8 Å². The molecule has 0 radical (unpaired) electrons. The number of hydrogen-bond acceptors (Lipinski definition) is 5. The fraction of sp³-hybridized carbons (Fsp3) is 0.941. The maximum atomic E-state index is 11.7. The number of ether oxygens (including phenoxy) is 1. The molecule has 0 aromatic carbocycles. The summed E-state index contributed by atoms with van der Waals surface area (Å²) in [4.78, 5) is 6.74. The van der Waals surface area contributed by atoms with E-state index in [1.54, 1.807) is 21.0 Å². The highest BCUT2D eigenvalue weighted by Crippen LogP contribution is 2.12. The van der Waals surface area contributed by atoms with Crippen molar-refractivity contribution in [3.8, 4) is 0 Å². The highest BCUT2D eigenvalue weighted by atomic mass is 32.2. The summed E-state index contributed by atoms with van der Waals surface area (Å²) in [6.07, 6.45) is 0.730. The van der Waals surface area contributed by atoms with Gasteiger partial charge in [0.15, 0.2) is 5.96 Å². The summed E-state index contributed by atoms with van der Waals surface area (Å²) in [5.41, 5.74) is 0. The van der Waals surface area contributed by atoms with E-state index in [0.717, 1.165) is 45.2 Å². The molecule has 0 bridgehead atoms. The highest BCUT2D eigenvalue weighted by molar-refractivity contribution is 7.89. The van der Waals surface area contributed by atoms with E-state index in [1.807, 2.05) is 0 Å². The molecule has 0 spiro atoms. The van der Waals surface area contributed by atoms with E-state index in [0.29, 0.717) is 25.0 Å². The Kier molecular flexibility index (Phi) is 10.4. The second kappa shape index (κ2) is 11.7. The molecule has 1 atom stereocenters. The first kappa shape index (κ1) is 23.1. The molecule has 0 aromatic heterocycles. The Balaban J connectivity index is 2.37. The third-order valence-electron chi connectivity index (χ3n) is 4.77. The van der Waals surface area contributed by atoms with Crippen molar-refractivity contribution in [2.24, 2.45) is 10.9 Å². The topological polar surface area (TPSA) is 86.3 Å². The normalized spacial score (nSPS) is 18.3. The van der Waals surface area contributed by atoms with Crippen LogP contribution in [0.2, 0.25) is 0 Å². The number of nitrogens with one attached hydrogen (secondary N) is 2. The molecule has 0 amide bonds. The predicted octanol–water partition coefficient (Wildman–Crippen LogP) is 0.180. The Labute approximate surface area is 159 Å². The third-order valence-corrected chi connectivity index (χ3v) is 6.63. The zero-order valence-corrected chi connectivity index (χ0v) is 17.8. The van der Waals surface area contributed by atoms with Crippen molar-refractivity contribution in [2.75, 3.05) is 65.8 Å². The van der Waals surface area contributed by atoms with Crippen LogP contribution in [0.4, 0.5) is 0 Å². The maximum Gasteiger partial charge on any atom is 0.213 e. The van der Waals surface area contributed by atoms with Crippen LogP contribution in [-0.2, 0) is 14.8 Å². The lowest BCUT2D eigenvalue weighted by atomic mass is 10.0. The van der Waals surface area contributed by atoms with E-state index in [9.17, 15) is 8.42 Å². The van der Waals surface area contributed by atoms with Gasteiger partial charge >= 0.3 is 0 Å². The number of nitrogens with zero attached hydrogens (tertiary/aromatic N) is 3. The molecule has 2 N–H and O–H groups in total. The molecule has 1 fully saturated rings. The molecule has 9 heteroatoms. The minimum atomic E-state index is -3.10. The van der Waals surface area contributed by atoms with Gasteiger partial charge in [-0.15, -0.1) is 0 Å². The molecule has 1 aliphatic heterocycles. The Hall–Kier alpha value is -0.900. The fourth-order valence-electron chi connectivity index (χ4n) is 2.99. The minimum Gasteiger partial charge on any atom is -0.379 e. The number of hydrogen-bond donors (Lipinski definition) is 2. The van der Waals surface area contributed by atoms with Crippen LogP contribution in [-0.4, -0.2) is 95.4 Å². The molecule has 1 rings (SSSR count). The maximum absolute atomic E-state index is 11.7. The van der Waals surface area contributed by atoms with Gasteiger partial charge in [-0.25, -0.2) is 12.7 Å². The molecule has 26 heavy (non-hydrogen) atoms. The number of guanidine groups is 1. The van der Waals surface area contributed by atoms with E-state index in [1.165, 1.54) is 4.31 Å². The first-order valence-electron chi connectivity index (χ1n) is 9.52. The van der Waals surface area contributed by atoms with Crippen molar-refractivity contribution in [1.29, 1.82) is 0 Å². The molecule has 1 unspecified atom stereocenters. The van der Waals surface area contributed by atoms with Gasteiger partial charge in [-0.3, -0.25) is 9.89 Å². The van der Waals surface area contributed by atoms with Crippen LogP contribution in [0.1, 0.15) is 27.2 Å². The van der Waals surface area contributed by atoms with Gasteiger partial charge in [0, 0.05) is 52.9 Å². The molecule has 154 valence electrons. The summed E-state index contributed by atoms with van der Waals surface area (Å²) in [6.45, 7) is 11.7. The Morgan fingerprint density at radius 3 is 2.46 bits per heavy atom. The van der Waals surface area contributed by atoms with Crippen molar-refractivity contribution in [2.45, 2.75) is 33.2 Å². The van der Waals surface area contributed by atoms with Crippen LogP contribution >= 0.6 is 0 Å². The van der Waals surface area contributed by atoms with Crippen LogP contribution in [0.15, 0.2) is 4.99 Å². The summed E-state index contributed by atoms with van der Waals surface area (Å²) < 4.78 is 30.3. The molecule has 1 saturated heterocycles. The van der Waals surface area contributed by atoms with Gasteiger partial charge in [-0.2, -0.15) is 0 Å². The second-order valence-corrected chi connectivity index (χ2v) is 9.28. The van der Waals surface area contributed by atoms with E-state index < -0.39 is 10.0 Å². The minimum absolute atomic E-state index is 0.137. The second-order valence-electron chi connectivity index (χ2n) is 6.92. The van der Waals surface area contributed by atoms with Gasteiger partial charge < -0.3 is 15.4 Å². The average molecular weight is 392 g/mol. The number of aliphatic imine (C=N–C) groups is 1. The molecule has 1 aliphatic rings.